The third-order valence-electron chi connectivity index (χ3n) is 4.21. The van der Waals surface area contributed by atoms with Crippen LogP contribution in [0, 0.1) is 0 Å². The summed E-state index contributed by atoms with van der Waals surface area (Å²) in [5, 5.41) is 9.97. The van der Waals surface area contributed by atoms with Gasteiger partial charge in [-0.3, -0.25) is 9.69 Å². The van der Waals surface area contributed by atoms with Crippen LogP contribution in [0.3, 0.4) is 0 Å². The molecule has 4 nitrogen and oxygen atoms in total. The summed E-state index contributed by atoms with van der Waals surface area (Å²) in [6.45, 7) is 7.52. The molecule has 1 heterocycles. The second kappa shape index (κ2) is 6.37. The number of phenolic OH excluding ortho intramolecular Hbond substituents is 1. The molecule has 0 aromatic heterocycles. The first-order valence-corrected chi connectivity index (χ1v) is 7.26. The Kier molecular flexibility index (Phi) is 4.78. The Bertz CT molecular complexity index is 487. The summed E-state index contributed by atoms with van der Waals surface area (Å²) in [5.41, 5.74) is 1.51. The molecule has 0 saturated carbocycles. The summed E-state index contributed by atoms with van der Waals surface area (Å²) in [6.07, 6.45) is 1.13. The monoisotopic (exact) mass is 276 g/mol. The van der Waals surface area contributed by atoms with Crippen molar-refractivity contribution in [2.24, 2.45) is 0 Å². The summed E-state index contributed by atoms with van der Waals surface area (Å²) in [5.74, 6) is 0.318. The van der Waals surface area contributed by atoms with Crippen molar-refractivity contribution in [1.29, 1.82) is 0 Å². The second-order valence-corrected chi connectivity index (χ2v) is 5.68. The van der Waals surface area contributed by atoms with Crippen molar-refractivity contribution >= 4 is 5.78 Å². The number of rotatable bonds is 4. The number of hydrogen-bond acceptors (Lipinski definition) is 4. The van der Waals surface area contributed by atoms with Crippen molar-refractivity contribution in [3.63, 3.8) is 0 Å². The Labute approximate surface area is 121 Å². The van der Waals surface area contributed by atoms with E-state index < -0.39 is 0 Å². The summed E-state index contributed by atoms with van der Waals surface area (Å²) in [6, 6.07) is 5.69. The Morgan fingerprint density at radius 2 is 2.15 bits per heavy atom. The van der Waals surface area contributed by atoms with Crippen molar-refractivity contribution in [3.05, 3.63) is 29.3 Å². The van der Waals surface area contributed by atoms with E-state index in [1.807, 2.05) is 6.07 Å². The van der Waals surface area contributed by atoms with Gasteiger partial charge >= 0.3 is 0 Å². The summed E-state index contributed by atoms with van der Waals surface area (Å²) in [4.78, 5) is 16.2. The van der Waals surface area contributed by atoms with E-state index in [-0.39, 0.29) is 11.5 Å². The quantitative estimate of drug-likeness (QED) is 0.856. The van der Waals surface area contributed by atoms with Gasteiger partial charge in [0.1, 0.15) is 5.75 Å². The lowest BCUT2D eigenvalue weighted by Crippen LogP contribution is -2.50. The van der Waals surface area contributed by atoms with Gasteiger partial charge in [-0.1, -0.05) is 6.92 Å². The number of Topliss-reactive ketones (excluding diaryl/α,β-unsaturated/α-hetero) is 1. The minimum atomic E-state index is 0.0380. The average Bonchev–Trinajstić information content (AvgIpc) is 2.43. The van der Waals surface area contributed by atoms with E-state index in [0.29, 0.717) is 18.2 Å². The van der Waals surface area contributed by atoms with Crippen molar-refractivity contribution < 1.29 is 9.90 Å². The molecule has 0 bridgehead atoms. The maximum Gasteiger partial charge on any atom is 0.159 e. The number of piperazine rings is 1. The molecule has 2 rings (SSSR count). The lowest BCUT2D eigenvalue weighted by Gasteiger charge is -2.39. The summed E-state index contributed by atoms with van der Waals surface area (Å²) in [7, 11) is 2.17. The normalized spacial score (nSPS) is 21.1. The topological polar surface area (TPSA) is 43.8 Å². The molecule has 1 aromatic rings. The number of hydrogen-bond donors (Lipinski definition) is 1. The second-order valence-electron chi connectivity index (χ2n) is 5.68. The predicted molar refractivity (Wildman–Crippen MR) is 80.1 cm³/mol. The van der Waals surface area contributed by atoms with Gasteiger partial charge in [-0.05, 0) is 38.6 Å². The molecule has 1 fully saturated rings. The highest BCUT2D eigenvalue weighted by Crippen LogP contribution is 2.22. The fourth-order valence-corrected chi connectivity index (χ4v) is 2.77. The van der Waals surface area contributed by atoms with E-state index in [1.54, 1.807) is 19.1 Å². The maximum absolute atomic E-state index is 11.4. The zero-order chi connectivity index (χ0) is 14.7. The molecule has 0 amide bonds. The first-order chi connectivity index (χ1) is 9.51. The summed E-state index contributed by atoms with van der Waals surface area (Å²) < 4.78 is 0. The number of aromatic hydroxyl groups is 1. The largest absolute Gasteiger partial charge is 0.508 e. The highest BCUT2D eigenvalue weighted by Gasteiger charge is 2.23. The van der Waals surface area contributed by atoms with Crippen LogP contribution in [0.4, 0.5) is 0 Å². The average molecular weight is 276 g/mol. The number of phenols is 1. The van der Waals surface area contributed by atoms with Crippen LogP contribution < -0.4 is 0 Å². The Morgan fingerprint density at radius 1 is 1.40 bits per heavy atom. The molecular formula is C16H24N2O2. The predicted octanol–water partition coefficient (Wildman–Crippen LogP) is 2.12. The summed E-state index contributed by atoms with van der Waals surface area (Å²) >= 11 is 0. The zero-order valence-electron chi connectivity index (χ0n) is 12.6. The van der Waals surface area contributed by atoms with Gasteiger partial charge < -0.3 is 10.0 Å². The Hall–Kier alpha value is -1.39. The molecule has 1 aliphatic rings. The van der Waals surface area contributed by atoms with Crippen LogP contribution in [0.1, 0.15) is 36.2 Å². The number of ketones is 1. The fourth-order valence-electron chi connectivity index (χ4n) is 2.77. The molecule has 1 aromatic carbocycles. The van der Waals surface area contributed by atoms with Gasteiger partial charge in [-0.25, -0.2) is 0 Å². The van der Waals surface area contributed by atoms with Crippen LogP contribution in [-0.2, 0) is 6.54 Å². The van der Waals surface area contributed by atoms with Gasteiger partial charge in [0, 0.05) is 43.3 Å². The minimum absolute atomic E-state index is 0.0380. The van der Waals surface area contributed by atoms with Gasteiger partial charge in [0.05, 0.1) is 0 Å². The van der Waals surface area contributed by atoms with Crippen LogP contribution in [-0.4, -0.2) is 53.4 Å². The SMILES string of the molecule is CCC1CN(Cc2cc(C(C)=O)ccc2O)CCN1C. The van der Waals surface area contributed by atoms with Crippen molar-refractivity contribution in [1.82, 2.24) is 9.80 Å². The smallest absolute Gasteiger partial charge is 0.159 e. The molecule has 20 heavy (non-hydrogen) atoms. The van der Waals surface area contributed by atoms with Gasteiger partial charge in [0.2, 0.25) is 0 Å². The molecule has 1 aliphatic heterocycles. The molecule has 4 heteroatoms. The van der Waals surface area contributed by atoms with Crippen LogP contribution >= 0.6 is 0 Å². The Morgan fingerprint density at radius 3 is 2.80 bits per heavy atom. The molecule has 0 spiro atoms. The molecular weight excluding hydrogens is 252 g/mol. The first-order valence-electron chi connectivity index (χ1n) is 7.26. The molecule has 110 valence electrons. The van der Waals surface area contributed by atoms with Crippen LogP contribution in [0.2, 0.25) is 0 Å². The number of nitrogens with zero attached hydrogens (tertiary/aromatic N) is 2. The molecule has 0 aliphatic carbocycles. The molecule has 0 radical (unpaired) electrons. The third-order valence-corrected chi connectivity index (χ3v) is 4.21. The van der Waals surface area contributed by atoms with Crippen molar-refractivity contribution in [3.8, 4) is 5.75 Å². The highest BCUT2D eigenvalue weighted by atomic mass is 16.3. The number of carbonyl (C=O) groups excluding carboxylic acids is 1. The standard InChI is InChI=1S/C16H24N2O2/c1-4-15-11-18(8-7-17(15)3)10-14-9-13(12(2)19)5-6-16(14)20/h5-6,9,15,20H,4,7-8,10-11H2,1-3H3. The molecule has 1 N–H and O–H groups in total. The van der Waals surface area contributed by atoms with Gasteiger partial charge in [0.15, 0.2) is 5.78 Å². The van der Waals surface area contributed by atoms with Crippen LogP contribution in [0.5, 0.6) is 5.75 Å². The van der Waals surface area contributed by atoms with E-state index >= 15 is 0 Å². The van der Waals surface area contributed by atoms with Crippen molar-refractivity contribution in [2.45, 2.75) is 32.9 Å². The van der Waals surface area contributed by atoms with E-state index in [1.165, 1.54) is 0 Å². The number of carbonyl (C=O) groups is 1. The third kappa shape index (κ3) is 3.38. The lowest BCUT2D eigenvalue weighted by atomic mass is 10.0. The lowest BCUT2D eigenvalue weighted by molar-refractivity contribution is 0.0877. The first kappa shape index (κ1) is 15.0. The number of benzene rings is 1. The van der Waals surface area contributed by atoms with Crippen LogP contribution in [0.15, 0.2) is 18.2 Å². The maximum atomic E-state index is 11.4. The van der Waals surface area contributed by atoms with Gasteiger partial charge in [-0.15, -0.1) is 0 Å². The Balaban J connectivity index is 2.10. The van der Waals surface area contributed by atoms with E-state index in [4.69, 9.17) is 0 Å². The van der Waals surface area contributed by atoms with E-state index in [0.717, 1.165) is 31.6 Å². The molecule has 1 atom stereocenters. The van der Waals surface area contributed by atoms with Crippen molar-refractivity contribution in [2.75, 3.05) is 26.7 Å². The van der Waals surface area contributed by atoms with E-state index in [9.17, 15) is 9.90 Å². The van der Waals surface area contributed by atoms with Crippen LogP contribution in [0.25, 0.3) is 0 Å². The minimum Gasteiger partial charge on any atom is -0.508 e. The van der Waals surface area contributed by atoms with Gasteiger partial charge in [-0.2, -0.15) is 0 Å². The van der Waals surface area contributed by atoms with Gasteiger partial charge in [0.25, 0.3) is 0 Å². The molecule has 1 saturated heterocycles. The fraction of sp³-hybridized carbons (Fsp3) is 0.562. The van der Waals surface area contributed by atoms with E-state index in [2.05, 4.69) is 23.8 Å². The highest BCUT2D eigenvalue weighted by molar-refractivity contribution is 5.94. The zero-order valence-corrected chi connectivity index (χ0v) is 12.6. The molecule has 1 unspecified atom stereocenters. The number of likely N-dealkylation sites (N-methyl/N-ethyl adjacent to an activating group) is 1.